The summed E-state index contributed by atoms with van der Waals surface area (Å²) in [6.45, 7) is 4.11. The molecule has 1 aliphatic heterocycles. The summed E-state index contributed by atoms with van der Waals surface area (Å²) < 4.78 is 41.1. The largest absolute Gasteiger partial charge is 0.325 e. The van der Waals surface area contributed by atoms with Crippen molar-refractivity contribution in [2.75, 3.05) is 11.9 Å². The quantitative estimate of drug-likeness (QED) is 0.794. The standard InChI is InChI=1S/C20H23FN2O3S/c1-13(2)27(25,26)22-12-20(3,21)16-9-7-14(8-10-16)17-6-4-5-15-11-18(24)23-19(15)17/h4-10,13,22H,11-12H2,1-3H3,(H,23,24). The zero-order valence-electron chi connectivity index (χ0n) is 15.5. The first kappa shape index (κ1) is 19.5. The number of halogens is 1. The van der Waals surface area contributed by atoms with Crippen LogP contribution in [0.25, 0.3) is 11.1 Å². The first-order valence-electron chi connectivity index (χ1n) is 8.80. The van der Waals surface area contributed by atoms with Crippen molar-refractivity contribution in [3.63, 3.8) is 0 Å². The van der Waals surface area contributed by atoms with Gasteiger partial charge in [0.15, 0.2) is 0 Å². The number of carbonyl (C=O) groups excluding carboxylic acids is 1. The zero-order chi connectivity index (χ0) is 19.8. The summed E-state index contributed by atoms with van der Waals surface area (Å²) in [5.74, 6) is -0.0390. The van der Waals surface area contributed by atoms with Crippen molar-refractivity contribution < 1.29 is 17.6 Å². The highest BCUT2D eigenvalue weighted by Crippen LogP contribution is 2.36. The van der Waals surface area contributed by atoms with Crippen LogP contribution in [-0.4, -0.2) is 26.1 Å². The van der Waals surface area contributed by atoms with Crippen LogP contribution in [-0.2, 0) is 26.9 Å². The normalized spacial score (nSPS) is 16.1. The highest BCUT2D eigenvalue weighted by Gasteiger charge is 2.29. The van der Waals surface area contributed by atoms with E-state index >= 15 is 4.39 Å². The molecule has 0 spiro atoms. The first-order chi connectivity index (χ1) is 12.6. The second-order valence-corrected chi connectivity index (χ2v) is 9.58. The van der Waals surface area contributed by atoms with E-state index in [0.717, 1.165) is 22.4 Å². The lowest BCUT2D eigenvalue weighted by molar-refractivity contribution is -0.115. The fourth-order valence-electron chi connectivity index (χ4n) is 2.99. The van der Waals surface area contributed by atoms with Gasteiger partial charge in [-0.15, -0.1) is 0 Å². The van der Waals surface area contributed by atoms with Crippen molar-refractivity contribution in [1.82, 2.24) is 4.72 Å². The molecule has 2 N–H and O–H groups in total. The molecule has 0 saturated heterocycles. The average Bonchev–Trinajstić information content (AvgIpc) is 3.00. The van der Waals surface area contributed by atoms with Gasteiger partial charge >= 0.3 is 0 Å². The fraction of sp³-hybridized carbons (Fsp3) is 0.350. The number of alkyl halides is 1. The van der Waals surface area contributed by atoms with E-state index in [1.165, 1.54) is 6.92 Å². The van der Waals surface area contributed by atoms with Crippen LogP contribution in [0.5, 0.6) is 0 Å². The predicted molar refractivity (Wildman–Crippen MR) is 105 cm³/mol. The molecule has 1 aliphatic rings. The number of nitrogens with one attached hydrogen (secondary N) is 2. The lowest BCUT2D eigenvalue weighted by Gasteiger charge is -2.22. The molecule has 27 heavy (non-hydrogen) atoms. The maximum atomic E-state index is 15.0. The van der Waals surface area contributed by atoms with Gasteiger partial charge in [-0.05, 0) is 37.5 Å². The number of hydrogen-bond donors (Lipinski definition) is 2. The fourth-order valence-corrected chi connectivity index (χ4v) is 3.80. The predicted octanol–water partition coefficient (Wildman–Crippen LogP) is 3.36. The summed E-state index contributed by atoms with van der Waals surface area (Å²) in [7, 11) is -3.53. The number of benzene rings is 2. The van der Waals surface area contributed by atoms with Crippen LogP contribution in [0.2, 0.25) is 0 Å². The van der Waals surface area contributed by atoms with Crippen molar-refractivity contribution >= 4 is 21.6 Å². The van der Waals surface area contributed by atoms with E-state index in [1.807, 2.05) is 18.2 Å². The topological polar surface area (TPSA) is 75.3 Å². The molecule has 0 aromatic heterocycles. The van der Waals surface area contributed by atoms with Crippen LogP contribution in [0.4, 0.5) is 10.1 Å². The van der Waals surface area contributed by atoms with Gasteiger partial charge in [0.25, 0.3) is 0 Å². The Morgan fingerprint density at radius 1 is 1.19 bits per heavy atom. The maximum absolute atomic E-state index is 15.0. The number of amides is 1. The molecule has 1 amide bonds. The molecule has 5 nitrogen and oxygen atoms in total. The van der Waals surface area contributed by atoms with Gasteiger partial charge in [-0.1, -0.05) is 42.5 Å². The van der Waals surface area contributed by atoms with Crippen LogP contribution in [0.3, 0.4) is 0 Å². The zero-order valence-corrected chi connectivity index (χ0v) is 16.4. The number of hydrogen-bond acceptors (Lipinski definition) is 3. The van der Waals surface area contributed by atoms with Crippen LogP contribution in [0.15, 0.2) is 42.5 Å². The molecular formula is C20H23FN2O3S. The molecule has 1 atom stereocenters. The van der Waals surface area contributed by atoms with Crippen molar-refractivity contribution in [3.8, 4) is 11.1 Å². The minimum Gasteiger partial charge on any atom is -0.325 e. The number of sulfonamides is 1. The average molecular weight is 390 g/mol. The molecule has 0 saturated carbocycles. The molecular weight excluding hydrogens is 367 g/mol. The number of fused-ring (bicyclic) bond motifs is 1. The minimum atomic E-state index is -3.53. The van der Waals surface area contributed by atoms with E-state index in [2.05, 4.69) is 10.0 Å². The smallest absolute Gasteiger partial charge is 0.228 e. The number of carbonyl (C=O) groups is 1. The Kier molecular flexibility index (Phi) is 5.10. The van der Waals surface area contributed by atoms with E-state index in [9.17, 15) is 13.2 Å². The molecule has 0 radical (unpaired) electrons. The van der Waals surface area contributed by atoms with E-state index in [4.69, 9.17) is 0 Å². The number of anilines is 1. The maximum Gasteiger partial charge on any atom is 0.228 e. The molecule has 0 fully saturated rings. The molecule has 7 heteroatoms. The van der Waals surface area contributed by atoms with Crippen molar-refractivity contribution in [2.24, 2.45) is 0 Å². The number of rotatable bonds is 6. The van der Waals surface area contributed by atoms with Gasteiger partial charge in [0.2, 0.25) is 15.9 Å². The van der Waals surface area contributed by atoms with E-state index in [1.54, 1.807) is 38.1 Å². The lowest BCUT2D eigenvalue weighted by Crippen LogP contribution is -2.39. The monoisotopic (exact) mass is 390 g/mol. The SMILES string of the molecule is CC(C)S(=O)(=O)NCC(C)(F)c1ccc(-c2cccc3c2NC(=O)C3)cc1. The molecule has 1 heterocycles. The van der Waals surface area contributed by atoms with Gasteiger partial charge in [0.1, 0.15) is 5.67 Å². The lowest BCUT2D eigenvalue weighted by atomic mass is 9.94. The van der Waals surface area contributed by atoms with Crippen LogP contribution in [0, 0.1) is 0 Å². The van der Waals surface area contributed by atoms with Crippen LogP contribution in [0.1, 0.15) is 31.9 Å². The highest BCUT2D eigenvalue weighted by atomic mass is 32.2. The molecule has 2 aromatic rings. The molecule has 0 bridgehead atoms. The van der Waals surface area contributed by atoms with Gasteiger partial charge in [0, 0.05) is 12.1 Å². The molecule has 3 rings (SSSR count). The summed E-state index contributed by atoms with van der Waals surface area (Å²) in [6, 6.07) is 12.6. The third kappa shape index (κ3) is 4.04. The molecule has 144 valence electrons. The summed E-state index contributed by atoms with van der Waals surface area (Å²) in [4.78, 5) is 11.7. The van der Waals surface area contributed by atoms with Crippen molar-refractivity contribution in [1.29, 1.82) is 0 Å². The second-order valence-electron chi connectivity index (χ2n) is 7.25. The molecule has 2 aromatic carbocycles. The summed E-state index contributed by atoms with van der Waals surface area (Å²) in [6.07, 6.45) is 0.361. The van der Waals surface area contributed by atoms with Gasteiger partial charge in [-0.2, -0.15) is 0 Å². The number of para-hydroxylation sites is 1. The Balaban J connectivity index is 1.82. The van der Waals surface area contributed by atoms with Crippen molar-refractivity contribution in [2.45, 2.75) is 38.1 Å². The van der Waals surface area contributed by atoms with Gasteiger partial charge in [-0.3, -0.25) is 4.79 Å². The van der Waals surface area contributed by atoms with Gasteiger partial charge in [0.05, 0.1) is 17.4 Å². The Morgan fingerprint density at radius 3 is 2.48 bits per heavy atom. The van der Waals surface area contributed by atoms with E-state index in [0.29, 0.717) is 12.0 Å². The Labute approximate surface area is 159 Å². The van der Waals surface area contributed by atoms with E-state index < -0.39 is 20.9 Å². The summed E-state index contributed by atoms with van der Waals surface area (Å²) >= 11 is 0. The van der Waals surface area contributed by atoms with Crippen molar-refractivity contribution in [3.05, 3.63) is 53.6 Å². The Bertz CT molecular complexity index is 967. The third-order valence-corrected chi connectivity index (χ3v) is 6.58. The Hall–Kier alpha value is -2.25. The third-order valence-electron chi connectivity index (χ3n) is 4.79. The van der Waals surface area contributed by atoms with Gasteiger partial charge in [-0.25, -0.2) is 17.5 Å². The highest BCUT2D eigenvalue weighted by molar-refractivity contribution is 7.90. The second kappa shape index (κ2) is 7.05. The first-order valence-corrected chi connectivity index (χ1v) is 10.3. The summed E-state index contributed by atoms with van der Waals surface area (Å²) in [5.41, 5.74) is 2.02. The minimum absolute atomic E-state index is 0.0390. The van der Waals surface area contributed by atoms with E-state index in [-0.39, 0.29) is 12.5 Å². The van der Waals surface area contributed by atoms with Gasteiger partial charge < -0.3 is 5.32 Å². The van der Waals surface area contributed by atoms with Crippen LogP contribution < -0.4 is 10.0 Å². The molecule has 1 unspecified atom stereocenters. The summed E-state index contributed by atoms with van der Waals surface area (Å²) in [5, 5.41) is 2.25. The molecule has 0 aliphatic carbocycles. The Morgan fingerprint density at radius 2 is 1.85 bits per heavy atom. The van der Waals surface area contributed by atoms with Crippen LogP contribution >= 0.6 is 0 Å².